The number of carbonyl (C=O) groups is 1. The summed E-state index contributed by atoms with van der Waals surface area (Å²) in [6.45, 7) is 4.90. The van der Waals surface area contributed by atoms with E-state index < -0.39 is 0 Å². The van der Waals surface area contributed by atoms with Crippen molar-refractivity contribution in [3.8, 4) is 11.4 Å². The van der Waals surface area contributed by atoms with Crippen LogP contribution in [0, 0.1) is 0 Å². The van der Waals surface area contributed by atoms with Crippen molar-refractivity contribution in [2.45, 2.75) is 32.0 Å². The second-order valence-electron chi connectivity index (χ2n) is 6.88. The topological polar surface area (TPSA) is 63.1 Å². The molecule has 0 aliphatic heterocycles. The van der Waals surface area contributed by atoms with Crippen LogP contribution in [0.1, 0.15) is 19.4 Å². The molecule has 3 aromatic rings. The SMILES string of the molecule is CCc1ccc(NC(=O)CSc2nnc(-c3cccc(N(C)C)c3)n2CC)cc1. The fraction of sp³-hybridized carbons (Fsp3) is 0.318. The summed E-state index contributed by atoms with van der Waals surface area (Å²) in [6.07, 6.45) is 0.983. The van der Waals surface area contributed by atoms with Gasteiger partial charge < -0.3 is 14.8 Å². The average Bonchev–Trinajstić information content (AvgIpc) is 3.16. The number of nitrogens with zero attached hydrogens (tertiary/aromatic N) is 4. The van der Waals surface area contributed by atoms with Crippen LogP contribution in [0.3, 0.4) is 0 Å². The summed E-state index contributed by atoms with van der Waals surface area (Å²) >= 11 is 1.40. The first-order valence-corrected chi connectivity index (χ1v) is 10.7. The lowest BCUT2D eigenvalue weighted by Crippen LogP contribution is -2.14. The second kappa shape index (κ2) is 9.60. The first kappa shape index (κ1) is 20.9. The molecule has 0 aliphatic rings. The molecule has 6 nitrogen and oxygen atoms in total. The number of anilines is 2. The van der Waals surface area contributed by atoms with E-state index in [2.05, 4.69) is 46.4 Å². The first-order chi connectivity index (χ1) is 14.0. The molecule has 1 aromatic heterocycles. The zero-order valence-electron chi connectivity index (χ0n) is 17.3. The van der Waals surface area contributed by atoms with Crippen LogP contribution in [0.4, 0.5) is 11.4 Å². The van der Waals surface area contributed by atoms with E-state index in [1.54, 1.807) is 0 Å². The number of benzene rings is 2. The highest BCUT2D eigenvalue weighted by molar-refractivity contribution is 7.99. The Labute approximate surface area is 176 Å². The van der Waals surface area contributed by atoms with Gasteiger partial charge in [-0.05, 0) is 43.2 Å². The Morgan fingerprint density at radius 2 is 1.86 bits per heavy atom. The molecule has 0 saturated carbocycles. The maximum Gasteiger partial charge on any atom is 0.234 e. The van der Waals surface area contributed by atoms with E-state index in [4.69, 9.17) is 0 Å². The van der Waals surface area contributed by atoms with E-state index in [1.165, 1.54) is 17.3 Å². The second-order valence-corrected chi connectivity index (χ2v) is 7.83. The summed E-state index contributed by atoms with van der Waals surface area (Å²) in [5.41, 5.74) is 4.18. The van der Waals surface area contributed by atoms with E-state index >= 15 is 0 Å². The van der Waals surface area contributed by atoms with Crippen molar-refractivity contribution in [2.75, 3.05) is 30.1 Å². The minimum absolute atomic E-state index is 0.0546. The third-order valence-corrected chi connectivity index (χ3v) is 5.60. The Balaban J connectivity index is 1.68. The Morgan fingerprint density at radius 3 is 2.52 bits per heavy atom. The third kappa shape index (κ3) is 5.17. The van der Waals surface area contributed by atoms with Crippen LogP contribution in [-0.2, 0) is 17.8 Å². The minimum atomic E-state index is -0.0546. The van der Waals surface area contributed by atoms with Crippen molar-refractivity contribution < 1.29 is 4.79 Å². The summed E-state index contributed by atoms with van der Waals surface area (Å²) < 4.78 is 2.04. The van der Waals surface area contributed by atoms with Gasteiger partial charge in [-0.15, -0.1) is 10.2 Å². The molecule has 0 radical (unpaired) electrons. The normalized spacial score (nSPS) is 10.8. The van der Waals surface area contributed by atoms with Crippen molar-refractivity contribution in [1.82, 2.24) is 14.8 Å². The first-order valence-electron chi connectivity index (χ1n) is 9.74. The zero-order chi connectivity index (χ0) is 20.8. The van der Waals surface area contributed by atoms with Crippen LogP contribution in [0.15, 0.2) is 53.7 Å². The molecule has 1 amide bonds. The molecular formula is C22H27N5OS. The van der Waals surface area contributed by atoms with Crippen LogP contribution >= 0.6 is 11.8 Å². The van der Waals surface area contributed by atoms with Gasteiger partial charge >= 0.3 is 0 Å². The highest BCUT2D eigenvalue weighted by atomic mass is 32.2. The summed E-state index contributed by atoms with van der Waals surface area (Å²) in [7, 11) is 4.03. The maximum absolute atomic E-state index is 12.3. The number of rotatable bonds is 8. The van der Waals surface area contributed by atoms with Crippen molar-refractivity contribution in [1.29, 1.82) is 0 Å². The predicted molar refractivity (Wildman–Crippen MR) is 121 cm³/mol. The summed E-state index contributed by atoms with van der Waals surface area (Å²) in [4.78, 5) is 14.4. The number of nitrogens with one attached hydrogen (secondary N) is 1. The molecule has 1 N–H and O–H groups in total. The molecular weight excluding hydrogens is 382 g/mol. The van der Waals surface area contributed by atoms with Gasteiger partial charge in [0, 0.05) is 37.6 Å². The van der Waals surface area contributed by atoms with Gasteiger partial charge in [0.2, 0.25) is 5.91 Å². The van der Waals surface area contributed by atoms with Crippen molar-refractivity contribution in [3.05, 3.63) is 54.1 Å². The van der Waals surface area contributed by atoms with Crippen LogP contribution < -0.4 is 10.2 Å². The molecule has 0 aliphatic carbocycles. The molecule has 2 aromatic carbocycles. The molecule has 0 fully saturated rings. The van der Waals surface area contributed by atoms with Crippen LogP contribution in [0.25, 0.3) is 11.4 Å². The molecule has 0 saturated heterocycles. The van der Waals surface area contributed by atoms with Gasteiger partial charge in [-0.25, -0.2) is 0 Å². The standard InChI is InChI=1S/C22H27N5OS/c1-5-16-10-12-18(13-11-16)23-20(28)15-29-22-25-24-21(27(22)6-2)17-8-7-9-19(14-17)26(3)4/h7-14H,5-6,15H2,1-4H3,(H,23,28). The van der Waals surface area contributed by atoms with E-state index in [0.29, 0.717) is 0 Å². The monoisotopic (exact) mass is 409 g/mol. The van der Waals surface area contributed by atoms with Crippen molar-refractivity contribution in [3.63, 3.8) is 0 Å². The summed E-state index contributed by atoms with van der Waals surface area (Å²) in [5, 5.41) is 12.4. The van der Waals surface area contributed by atoms with Gasteiger partial charge in [0.15, 0.2) is 11.0 Å². The number of hydrogen-bond acceptors (Lipinski definition) is 5. The van der Waals surface area contributed by atoms with Gasteiger partial charge in [-0.1, -0.05) is 43.0 Å². The van der Waals surface area contributed by atoms with E-state index in [-0.39, 0.29) is 11.7 Å². The number of aryl methyl sites for hydroxylation is 1. The lowest BCUT2D eigenvalue weighted by atomic mass is 10.1. The van der Waals surface area contributed by atoms with Gasteiger partial charge in [0.1, 0.15) is 0 Å². The molecule has 1 heterocycles. The molecule has 0 unspecified atom stereocenters. The Hall–Kier alpha value is -2.80. The molecule has 7 heteroatoms. The predicted octanol–water partition coefficient (Wildman–Crippen LogP) is 4.32. The van der Waals surface area contributed by atoms with Gasteiger partial charge in [0.05, 0.1) is 5.75 Å². The largest absolute Gasteiger partial charge is 0.378 e. The smallest absolute Gasteiger partial charge is 0.234 e. The molecule has 0 spiro atoms. The van der Waals surface area contributed by atoms with Gasteiger partial charge in [-0.2, -0.15) is 0 Å². The number of aromatic nitrogens is 3. The zero-order valence-corrected chi connectivity index (χ0v) is 18.2. The Bertz CT molecular complexity index is 966. The molecule has 3 rings (SSSR count). The number of hydrogen-bond donors (Lipinski definition) is 1. The Kier molecular flexibility index (Phi) is 6.93. The van der Waals surface area contributed by atoms with E-state index in [1.807, 2.05) is 55.1 Å². The highest BCUT2D eigenvalue weighted by Gasteiger charge is 2.15. The molecule has 0 bridgehead atoms. The lowest BCUT2D eigenvalue weighted by Gasteiger charge is -2.14. The number of thioether (sulfide) groups is 1. The van der Waals surface area contributed by atoms with Gasteiger partial charge in [0.25, 0.3) is 0 Å². The third-order valence-electron chi connectivity index (χ3n) is 4.63. The summed E-state index contributed by atoms with van der Waals surface area (Å²) in [6, 6.07) is 16.1. The maximum atomic E-state index is 12.3. The molecule has 152 valence electrons. The lowest BCUT2D eigenvalue weighted by molar-refractivity contribution is -0.113. The highest BCUT2D eigenvalue weighted by Crippen LogP contribution is 2.26. The molecule has 0 atom stereocenters. The van der Waals surface area contributed by atoms with E-state index in [9.17, 15) is 4.79 Å². The fourth-order valence-electron chi connectivity index (χ4n) is 2.97. The fourth-order valence-corrected chi connectivity index (χ4v) is 3.77. The van der Waals surface area contributed by atoms with Crippen LogP contribution in [0.5, 0.6) is 0 Å². The van der Waals surface area contributed by atoms with Crippen molar-refractivity contribution >= 4 is 29.0 Å². The quantitative estimate of drug-likeness (QED) is 0.561. The number of carbonyl (C=O) groups excluding carboxylic acids is 1. The molecule has 29 heavy (non-hydrogen) atoms. The summed E-state index contributed by atoms with van der Waals surface area (Å²) in [5.74, 6) is 1.04. The average molecular weight is 410 g/mol. The number of amides is 1. The minimum Gasteiger partial charge on any atom is -0.378 e. The van der Waals surface area contributed by atoms with Gasteiger partial charge in [-0.3, -0.25) is 4.79 Å². The Morgan fingerprint density at radius 1 is 1.10 bits per heavy atom. The van der Waals surface area contributed by atoms with Crippen molar-refractivity contribution in [2.24, 2.45) is 0 Å². The van der Waals surface area contributed by atoms with E-state index in [0.717, 1.165) is 40.9 Å². The van der Waals surface area contributed by atoms with Crippen LogP contribution in [-0.4, -0.2) is 40.5 Å². The van der Waals surface area contributed by atoms with Crippen LogP contribution in [0.2, 0.25) is 0 Å².